The Kier molecular flexibility index (Phi) is 4.60. The number of amides is 1. The van der Waals surface area contributed by atoms with E-state index in [-0.39, 0.29) is 12.0 Å². The summed E-state index contributed by atoms with van der Waals surface area (Å²) in [5, 5.41) is 2.93. The van der Waals surface area contributed by atoms with E-state index in [2.05, 4.69) is 5.32 Å². The third-order valence-electron chi connectivity index (χ3n) is 3.27. The summed E-state index contributed by atoms with van der Waals surface area (Å²) >= 11 is 0. The predicted octanol–water partition coefficient (Wildman–Crippen LogP) is 1.24. The predicted molar refractivity (Wildman–Crippen MR) is 60.2 cm³/mol. The Morgan fingerprint density at radius 3 is 2.44 bits per heavy atom. The van der Waals surface area contributed by atoms with Crippen LogP contribution in [0, 0.1) is 0 Å². The van der Waals surface area contributed by atoms with Crippen LogP contribution in [0.25, 0.3) is 0 Å². The molecule has 1 amide bonds. The molecule has 0 bridgehead atoms. The number of rotatable bonds is 5. The molecule has 0 saturated carbocycles. The molecular weight excluding hydrogens is 206 g/mol. The standard InChI is InChI=1S/C12H21NO3/c14-12(6-5-10-3-1-7-15-10)13-9-11-4-2-8-16-11/h10-11H,1-9H2,(H,13,14). The molecule has 92 valence electrons. The first-order valence-corrected chi connectivity index (χ1v) is 6.34. The van der Waals surface area contributed by atoms with Crippen molar-refractivity contribution in [3.05, 3.63) is 0 Å². The van der Waals surface area contributed by atoms with Crippen LogP contribution in [0.2, 0.25) is 0 Å². The molecule has 2 aliphatic heterocycles. The maximum atomic E-state index is 11.5. The molecule has 0 aliphatic carbocycles. The zero-order valence-corrected chi connectivity index (χ0v) is 9.74. The third kappa shape index (κ3) is 3.76. The molecule has 1 N–H and O–H groups in total. The molecule has 0 aromatic carbocycles. The van der Waals surface area contributed by atoms with E-state index in [1.165, 1.54) is 0 Å². The minimum atomic E-state index is 0.131. The van der Waals surface area contributed by atoms with Crippen molar-refractivity contribution < 1.29 is 14.3 Å². The fourth-order valence-electron chi connectivity index (χ4n) is 2.29. The summed E-state index contributed by atoms with van der Waals surface area (Å²) < 4.78 is 10.9. The maximum absolute atomic E-state index is 11.5. The van der Waals surface area contributed by atoms with Gasteiger partial charge in [0.15, 0.2) is 0 Å². The first-order chi connectivity index (χ1) is 7.84. The zero-order valence-electron chi connectivity index (χ0n) is 9.74. The summed E-state index contributed by atoms with van der Waals surface area (Å²) in [7, 11) is 0. The lowest BCUT2D eigenvalue weighted by atomic mass is 10.1. The monoisotopic (exact) mass is 227 g/mol. The van der Waals surface area contributed by atoms with Gasteiger partial charge in [0.05, 0.1) is 12.2 Å². The highest BCUT2D eigenvalue weighted by Crippen LogP contribution is 2.16. The van der Waals surface area contributed by atoms with Gasteiger partial charge in [0.2, 0.25) is 5.91 Å². The first-order valence-electron chi connectivity index (χ1n) is 6.34. The summed E-state index contributed by atoms with van der Waals surface area (Å²) in [4.78, 5) is 11.5. The van der Waals surface area contributed by atoms with Crippen LogP contribution in [0.15, 0.2) is 0 Å². The van der Waals surface area contributed by atoms with Gasteiger partial charge in [0, 0.05) is 26.2 Å². The molecule has 2 unspecified atom stereocenters. The number of hydrogen-bond donors (Lipinski definition) is 1. The minimum Gasteiger partial charge on any atom is -0.378 e. The molecular formula is C12H21NO3. The molecule has 2 atom stereocenters. The van der Waals surface area contributed by atoms with Crippen molar-refractivity contribution in [3.63, 3.8) is 0 Å². The lowest BCUT2D eigenvalue weighted by Gasteiger charge is -2.12. The van der Waals surface area contributed by atoms with Crippen LogP contribution in [-0.2, 0) is 14.3 Å². The van der Waals surface area contributed by atoms with E-state index in [4.69, 9.17) is 9.47 Å². The number of carbonyl (C=O) groups excluding carboxylic acids is 1. The molecule has 2 rings (SSSR count). The Morgan fingerprint density at radius 1 is 1.12 bits per heavy atom. The van der Waals surface area contributed by atoms with Crippen molar-refractivity contribution in [2.75, 3.05) is 19.8 Å². The zero-order chi connectivity index (χ0) is 11.2. The van der Waals surface area contributed by atoms with Crippen LogP contribution in [0.3, 0.4) is 0 Å². The normalized spacial score (nSPS) is 29.5. The second-order valence-corrected chi connectivity index (χ2v) is 4.61. The van der Waals surface area contributed by atoms with Crippen molar-refractivity contribution in [1.29, 1.82) is 0 Å². The van der Waals surface area contributed by atoms with E-state index in [0.717, 1.165) is 45.3 Å². The summed E-state index contributed by atoms with van der Waals surface area (Å²) in [6.45, 7) is 2.38. The third-order valence-corrected chi connectivity index (χ3v) is 3.27. The van der Waals surface area contributed by atoms with Gasteiger partial charge in [0.1, 0.15) is 0 Å². The Labute approximate surface area is 96.7 Å². The van der Waals surface area contributed by atoms with E-state index in [1.807, 2.05) is 0 Å². The molecule has 2 aliphatic rings. The molecule has 4 nitrogen and oxygen atoms in total. The van der Waals surface area contributed by atoms with E-state index < -0.39 is 0 Å². The molecule has 0 aromatic heterocycles. The van der Waals surface area contributed by atoms with Crippen LogP contribution in [0.5, 0.6) is 0 Å². The topological polar surface area (TPSA) is 47.6 Å². The number of hydrogen-bond acceptors (Lipinski definition) is 3. The van der Waals surface area contributed by atoms with Crippen LogP contribution < -0.4 is 5.32 Å². The lowest BCUT2D eigenvalue weighted by molar-refractivity contribution is -0.122. The van der Waals surface area contributed by atoms with Gasteiger partial charge in [-0.25, -0.2) is 0 Å². The first kappa shape index (κ1) is 11.9. The number of carbonyl (C=O) groups is 1. The van der Waals surface area contributed by atoms with Gasteiger partial charge >= 0.3 is 0 Å². The smallest absolute Gasteiger partial charge is 0.220 e. The van der Waals surface area contributed by atoms with Crippen molar-refractivity contribution in [1.82, 2.24) is 5.32 Å². The Morgan fingerprint density at radius 2 is 1.81 bits per heavy atom. The van der Waals surface area contributed by atoms with E-state index in [0.29, 0.717) is 19.1 Å². The maximum Gasteiger partial charge on any atom is 0.220 e. The Hall–Kier alpha value is -0.610. The SMILES string of the molecule is O=C(CCC1CCCO1)NCC1CCCO1. The highest BCUT2D eigenvalue weighted by molar-refractivity contribution is 5.75. The van der Waals surface area contributed by atoms with Crippen molar-refractivity contribution in [3.8, 4) is 0 Å². The summed E-state index contributed by atoms with van der Waals surface area (Å²) in [5.74, 6) is 0.131. The van der Waals surface area contributed by atoms with Crippen LogP contribution in [0.1, 0.15) is 38.5 Å². The second-order valence-electron chi connectivity index (χ2n) is 4.61. The second kappa shape index (κ2) is 6.21. The van der Waals surface area contributed by atoms with Gasteiger partial charge < -0.3 is 14.8 Å². The van der Waals surface area contributed by atoms with E-state index >= 15 is 0 Å². The van der Waals surface area contributed by atoms with Gasteiger partial charge in [-0.05, 0) is 32.1 Å². The van der Waals surface area contributed by atoms with Crippen LogP contribution in [-0.4, -0.2) is 37.9 Å². The molecule has 16 heavy (non-hydrogen) atoms. The van der Waals surface area contributed by atoms with Crippen molar-refractivity contribution >= 4 is 5.91 Å². The van der Waals surface area contributed by atoms with E-state index in [9.17, 15) is 4.79 Å². The fourth-order valence-corrected chi connectivity index (χ4v) is 2.29. The molecule has 0 aromatic rings. The minimum absolute atomic E-state index is 0.131. The average Bonchev–Trinajstić information content (AvgIpc) is 2.96. The number of nitrogens with one attached hydrogen (secondary N) is 1. The van der Waals surface area contributed by atoms with Gasteiger partial charge in [-0.1, -0.05) is 0 Å². The van der Waals surface area contributed by atoms with Crippen LogP contribution in [0.4, 0.5) is 0 Å². The summed E-state index contributed by atoms with van der Waals surface area (Å²) in [5.41, 5.74) is 0. The molecule has 0 spiro atoms. The Bertz CT molecular complexity index is 198. The van der Waals surface area contributed by atoms with Crippen molar-refractivity contribution in [2.45, 2.75) is 50.7 Å². The summed E-state index contributed by atoms with van der Waals surface area (Å²) in [6.07, 6.45) is 6.44. The molecule has 2 heterocycles. The van der Waals surface area contributed by atoms with Gasteiger partial charge in [-0.15, -0.1) is 0 Å². The number of ether oxygens (including phenoxy) is 2. The lowest BCUT2D eigenvalue weighted by Crippen LogP contribution is -2.32. The van der Waals surface area contributed by atoms with Gasteiger partial charge in [-0.3, -0.25) is 4.79 Å². The molecule has 4 heteroatoms. The van der Waals surface area contributed by atoms with E-state index in [1.54, 1.807) is 0 Å². The summed E-state index contributed by atoms with van der Waals surface area (Å²) in [6, 6.07) is 0. The Balaban J connectivity index is 1.53. The highest BCUT2D eigenvalue weighted by atomic mass is 16.5. The van der Waals surface area contributed by atoms with Crippen molar-refractivity contribution in [2.24, 2.45) is 0 Å². The van der Waals surface area contributed by atoms with Gasteiger partial charge in [0.25, 0.3) is 0 Å². The molecule has 0 radical (unpaired) electrons. The largest absolute Gasteiger partial charge is 0.378 e. The quantitative estimate of drug-likeness (QED) is 0.768. The van der Waals surface area contributed by atoms with Gasteiger partial charge in [-0.2, -0.15) is 0 Å². The average molecular weight is 227 g/mol. The fraction of sp³-hybridized carbons (Fsp3) is 0.917. The highest BCUT2D eigenvalue weighted by Gasteiger charge is 2.18. The van der Waals surface area contributed by atoms with Crippen LogP contribution >= 0.6 is 0 Å². The molecule has 2 fully saturated rings. The molecule has 2 saturated heterocycles.